The van der Waals surface area contributed by atoms with Gasteiger partial charge in [-0.15, -0.1) is 0 Å². The maximum Gasteiger partial charge on any atom is 0.152 e. The third kappa shape index (κ3) is 3.02. The molecule has 16 heavy (non-hydrogen) atoms. The predicted molar refractivity (Wildman–Crippen MR) is 60.9 cm³/mol. The molecule has 1 saturated heterocycles. The molecule has 1 aliphatic heterocycles. The van der Waals surface area contributed by atoms with E-state index in [-0.39, 0.29) is 0 Å². The van der Waals surface area contributed by atoms with Crippen molar-refractivity contribution in [2.75, 3.05) is 19.7 Å². The fourth-order valence-electron chi connectivity index (χ4n) is 2.04. The van der Waals surface area contributed by atoms with Crippen molar-refractivity contribution in [2.45, 2.75) is 32.9 Å². The van der Waals surface area contributed by atoms with Gasteiger partial charge in [0.25, 0.3) is 0 Å². The van der Waals surface area contributed by atoms with E-state index in [1.54, 1.807) is 6.33 Å². The molecule has 0 bridgehead atoms. The van der Waals surface area contributed by atoms with E-state index in [0.29, 0.717) is 6.61 Å². The predicted octanol–water partition coefficient (Wildman–Crippen LogP) is 0.814. The second-order valence-corrected chi connectivity index (χ2v) is 4.19. The Labute approximate surface area is 96.2 Å². The number of hydrogen-bond acceptors (Lipinski definition) is 4. The molecular weight excluding hydrogens is 204 g/mol. The van der Waals surface area contributed by atoms with E-state index < -0.39 is 0 Å². The van der Waals surface area contributed by atoms with Crippen LogP contribution in [0.3, 0.4) is 0 Å². The number of hydrogen-bond donors (Lipinski definition) is 1. The fraction of sp³-hybridized carbons (Fsp3) is 0.818. The highest BCUT2D eigenvalue weighted by Crippen LogP contribution is 2.12. The summed E-state index contributed by atoms with van der Waals surface area (Å²) in [6.45, 7) is 6.62. The zero-order chi connectivity index (χ0) is 11.2. The maximum absolute atomic E-state index is 5.63. The van der Waals surface area contributed by atoms with Crippen molar-refractivity contribution in [2.24, 2.45) is 5.92 Å². The maximum atomic E-state index is 5.63. The van der Waals surface area contributed by atoms with Gasteiger partial charge in [0.05, 0.1) is 0 Å². The Morgan fingerprint density at radius 1 is 1.62 bits per heavy atom. The Kier molecular flexibility index (Phi) is 4.30. The summed E-state index contributed by atoms with van der Waals surface area (Å²) in [5, 5.41) is 7.47. The van der Waals surface area contributed by atoms with E-state index in [1.807, 2.05) is 4.68 Å². The zero-order valence-electron chi connectivity index (χ0n) is 9.85. The van der Waals surface area contributed by atoms with Gasteiger partial charge >= 0.3 is 0 Å². The quantitative estimate of drug-likeness (QED) is 0.727. The molecule has 0 aliphatic carbocycles. The first-order chi connectivity index (χ1) is 7.90. The van der Waals surface area contributed by atoms with Gasteiger partial charge in [0, 0.05) is 13.2 Å². The molecule has 0 saturated carbocycles. The van der Waals surface area contributed by atoms with Gasteiger partial charge in [-0.1, -0.05) is 0 Å². The van der Waals surface area contributed by atoms with Gasteiger partial charge in [-0.05, 0) is 38.8 Å². The smallest absolute Gasteiger partial charge is 0.152 e. The standard InChI is InChI=1S/C11H20N4O/c1-2-15-11(13-9-14-15)8-16-6-4-10-3-5-12-7-10/h9-10,12H,2-8H2,1H3. The largest absolute Gasteiger partial charge is 0.373 e. The van der Waals surface area contributed by atoms with E-state index in [0.717, 1.165) is 44.4 Å². The van der Waals surface area contributed by atoms with Crippen LogP contribution in [-0.4, -0.2) is 34.5 Å². The summed E-state index contributed by atoms with van der Waals surface area (Å²) in [5.74, 6) is 1.72. The molecule has 5 nitrogen and oxygen atoms in total. The molecule has 0 spiro atoms. The summed E-state index contributed by atoms with van der Waals surface area (Å²) in [4.78, 5) is 4.17. The van der Waals surface area contributed by atoms with Gasteiger partial charge in [-0.3, -0.25) is 0 Å². The number of ether oxygens (including phenoxy) is 1. The van der Waals surface area contributed by atoms with E-state index in [1.165, 1.54) is 6.42 Å². The van der Waals surface area contributed by atoms with Crippen LogP contribution < -0.4 is 5.32 Å². The molecular formula is C11H20N4O. The molecule has 5 heteroatoms. The summed E-state index contributed by atoms with van der Waals surface area (Å²) < 4.78 is 7.50. The highest BCUT2D eigenvalue weighted by molar-refractivity contribution is 4.80. The van der Waals surface area contributed by atoms with Gasteiger partial charge in [-0.2, -0.15) is 5.10 Å². The number of nitrogens with one attached hydrogen (secondary N) is 1. The Balaban J connectivity index is 1.64. The lowest BCUT2D eigenvalue weighted by molar-refractivity contribution is 0.101. The van der Waals surface area contributed by atoms with Crippen LogP contribution in [-0.2, 0) is 17.9 Å². The second kappa shape index (κ2) is 5.96. The van der Waals surface area contributed by atoms with Gasteiger partial charge in [0.15, 0.2) is 5.82 Å². The average molecular weight is 224 g/mol. The molecule has 1 atom stereocenters. The SMILES string of the molecule is CCn1ncnc1COCCC1CCNC1. The lowest BCUT2D eigenvalue weighted by Crippen LogP contribution is -2.11. The van der Waals surface area contributed by atoms with E-state index in [2.05, 4.69) is 22.3 Å². The lowest BCUT2D eigenvalue weighted by Gasteiger charge is -2.08. The minimum absolute atomic E-state index is 0.577. The molecule has 1 fully saturated rings. The Bertz CT molecular complexity index is 307. The van der Waals surface area contributed by atoms with E-state index in [4.69, 9.17) is 4.74 Å². The summed E-state index contributed by atoms with van der Waals surface area (Å²) in [7, 11) is 0. The van der Waals surface area contributed by atoms with E-state index in [9.17, 15) is 0 Å². The van der Waals surface area contributed by atoms with Crippen LogP contribution in [0.5, 0.6) is 0 Å². The summed E-state index contributed by atoms with van der Waals surface area (Å²) in [5.41, 5.74) is 0. The number of nitrogens with zero attached hydrogens (tertiary/aromatic N) is 3. The highest BCUT2D eigenvalue weighted by Gasteiger charge is 2.13. The monoisotopic (exact) mass is 224 g/mol. The summed E-state index contributed by atoms with van der Waals surface area (Å²) >= 11 is 0. The number of aryl methyl sites for hydroxylation is 1. The molecule has 1 unspecified atom stereocenters. The first-order valence-corrected chi connectivity index (χ1v) is 6.05. The molecule has 2 heterocycles. The Hall–Kier alpha value is -0.940. The van der Waals surface area contributed by atoms with Gasteiger partial charge in [-0.25, -0.2) is 9.67 Å². The molecule has 1 aromatic rings. The third-order valence-electron chi connectivity index (χ3n) is 3.06. The molecule has 2 rings (SSSR count). The van der Waals surface area contributed by atoms with Crippen LogP contribution in [0.2, 0.25) is 0 Å². The van der Waals surface area contributed by atoms with Gasteiger partial charge in [0.2, 0.25) is 0 Å². The van der Waals surface area contributed by atoms with Gasteiger partial charge < -0.3 is 10.1 Å². The highest BCUT2D eigenvalue weighted by atomic mass is 16.5. The second-order valence-electron chi connectivity index (χ2n) is 4.19. The molecule has 1 N–H and O–H groups in total. The molecule has 0 radical (unpaired) electrons. The first-order valence-electron chi connectivity index (χ1n) is 6.05. The minimum Gasteiger partial charge on any atom is -0.373 e. The molecule has 1 aromatic heterocycles. The molecule has 0 amide bonds. The summed E-state index contributed by atoms with van der Waals surface area (Å²) in [6.07, 6.45) is 4.02. The average Bonchev–Trinajstić information content (AvgIpc) is 2.95. The van der Waals surface area contributed by atoms with Crippen molar-refractivity contribution in [3.05, 3.63) is 12.2 Å². The van der Waals surface area contributed by atoms with Crippen molar-refractivity contribution < 1.29 is 4.74 Å². The Morgan fingerprint density at radius 2 is 2.56 bits per heavy atom. The van der Waals surface area contributed by atoms with Crippen molar-refractivity contribution in [3.8, 4) is 0 Å². The van der Waals surface area contributed by atoms with Crippen LogP contribution in [0, 0.1) is 5.92 Å². The first kappa shape index (κ1) is 11.5. The van der Waals surface area contributed by atoms with Crippen LogP contribution in [0.25, 0.3) is 0 Å². The topological polar surface area (TPSA) is 52.0 Å². The Morgan fingerprint density at radius 3 is 3.31 bits per heavy atom. The van der Waals surface area contributed by atoms with Crippen molar-refractivity contribution in [1.82, 2.24) is 20.1 Å². The molecule has 0 aromatic carbocycles. The van der Waals surface area contributed by atoms with Gasteiger partial charge in [0.1, 0.15) is 12.9 Å². The summed E-state index contributed by atoms with van der Waals surface area (Å²) in [6, 6.07) is 0. The minimum atomic E-state index is 0.577. The van der Waals surface area contributed by atoms with Crippen LogP contribution in [0.1, 0.15) is 25.6 Å². The third-order valence-corrected chi connectivity index (χ3v) is 3.06. The molecule has 1 aliphatic rings. The lowest BCUT2D eigenvalue weighted by atomic mass is 10.1. The van der Waals surface area contributed by atoms with Crippen LogP contribution >= 0.6 is 0 Å². The fourth-order valence-corrected chi connectivity index (χ4v) is 2.04. The van der Waals surface area contributed by atoms with Crippen molar-refractivity contribution in [3.63, 3.8) is 0 Å². The molecule has 90 valence electrons. The van der Waals surface area contributed by atoms with Crippen molar-refractivity contribution >= 4 is 0 Å². The van der Waals surface area contributed by atoms with E-state index >= 15 is 0 Å². The zero-order valence-corrected chi connectivity index (χ0v) is 9.85. The number of rotatable bonds is 6. The van der Waals surface area contributed by atoms with Crippen LogP contribution in [0.4, 0.5) is 0 Å². The van der Waals surface area contributed by atoms with Crippen LogP contribution in [0.15, 0.2) is 6.33 Å². The number of aromatic nitrogens is 3. The van der Waals surface area contributed by atoms with Crippen molar-refractivity contribution in [1.29, 1.82) is 0 Å². The normalized spacial score (nSPS) is 20.4.